The average Bonchev–Trinajstić information content (AvgIpc) is 3.62. The molecule has 2 heteroatoms. The first kappa shape index (κ1) is 31.6. The minimum Gasteiger partial charge on any atom is -0.456 e. The number of para-hydroxylation sites is 2. The highest BCUT2D eigenvalue weighted by Crippen LogP contribution is 2.47. The van der Waals surface area contributed by atoms with Crippen molar-refractivity contribution in [2.75, 3.05) is 4.90 Å². The molecule has 2 nitrogen and oxygen atoms in total. The van der Waals surface area contributed by atoms with E-state index in [1.54, 1.807) is 0 Å². The van der Waals surface area contributed by atoms with Gasteiger partial charge in [0.25, 0.3) is 0 Å². The zero-order chi connectivity index (χ0) is 35.8. The number of anilines is 3. The molecule has 0 spiro atoms. The third-order valence-corrected chi connectivity index (χ3v) is 10.5. The fourth-order valence-corrected chi connectivity index (χ4v) is 7.89. The van der Waals surface area contributed by atoms with E-state index < -0.39 is 0 Å². The molecule has 0 fully saturated rings. The minimum absolute atomic E-state index is 0.862. The number of rotatable bonds is 7. The van der Waals surface area contributed by atoms with Crippen LogP contribution in [0.25, 0.3) is 77.2 Å². The van der Waals surface area contributed by atoms with Crippen molar-refractivity contribution in [3.63, 3.8) is 0 Å². The number of fused-ring (bicyclic) bond motifs is 4. The lowest BCUT2D eigenvalue weighted by atomic mass is 9.86. The molecule has 0 bridgehead atoms. The Morgan fingerprint density at radius 3 is 1.72 bits per heavy atom. The van der Waals surface area contributed by atoms with Crippen molar-refractivity contribution in [3.8, 4) is 44.5 Å². The molecule has 0 saturated heterocycles. The van der Waals surface area contributed by atoms with E-state index in [-0.39, 0.29) is 0 Å². The molecule has 10 rings (SSSR count). The molecule has 0 atom stereocenters. The topological polar surface area (TPSA) is 16.4 Å². The van der Waals surface area contributed by atoms with Crippen molar-refractivity contribution in [3.05, 3.63) is 212 Å². The fraction of sp³-hybridized carbons (Fsp3) is 0. The molecule has 0 amide bonds. The van der Waals surface area contributed by atoms with Gasteiger partial charge in [0, 0.05) is 33.8 Å². The van der Waals surface area contributed by atoms with E-state index in [0.29, 0.717) is 0 Å². The summed E-state index contributed by atoms with van der Waals surface area (Å²) in [6.45, 7) is 0. The van der Waals surface area contributed by atoms with Crippen LogP contribution in [0.5, 0.6) is 0 Å². The van der Waals surface area contributed by atoms with Crippen molar-refractivity contribution in [1.82, 2.24) is 0 Å². The molecule has 0 N–H and O–H groups in total. The predicted molar refractivity (Wildman–Crippen MR) is 228 cm³/mol. The Bertz CT molecular complexity index is 2940. The number of hydrogen-bond acceptors (Lipinski definition) is 2. The van der Waals surface area contributed by atoms with Crippen molar-refractivity contribution < 1.29 is 4.42 Å². The Balaban J connectivity index is 1.24. The monoisotopic (exact) mass is 689 g/mol. The third kappa shape index (κ3) is 5.62. The number of benzene rings is 9. The largest absolute Gasteiger partial charge is 0.456 e. The molecule has 54 heavy (non-hydrogen) atoms. The van der Waals surface area contributed by atoms with Gasteiger partial charge in [0.05, 0.1) is 5.69 Å². The van der Waals surface area contributed by atoms with E-state index >= 15 is 0 Å². The Morgan fingerprint density at radius 1 is 0.296 bits per heavy atom. The molecule has 1 heterocycles. The lowest BCUT2D eigenvalue weighted by molar-refractivity contribution is 0.669. The number of hydrogen-bond donors (Lipinski definition) is 0. The van der Waals surface area contributed by atoms with E-state index in [9.17, 15) is 0 Å². The molecule has 254 valence electrons. The first-order chi connectivity index (χ1) is 26.8. The van der Waals surface area contributed by atoms with E-state index in [4.69, 9.17) is 4.42 Å². The van der Waals surface area contributed by atoms with Gasteiger partial charge in [-0.05, 0) is 92.2 Å². The maximum atomic E-state index is 6.47. The van der Waals surface area contributed by atoms with E-state index in [2.05, 4.69) is 205 Å². The zero-order valence-corrected chi connectivity index (χ0v) is 29.6. The Hall–Kier alpha value is -7.16. The van der Waals surface area contributed by atoms with Gasteiger partial charge < -0.3 is 9.32 Å². The van der Waals surface area contributed by atoms with Crippen molar-refractivity contribution in [2.24, 2.45) is 0 Å². The summed E-state index contributed by atoms with van der Waals surface area (Å²) >= 11 is 0. The predicted octanol–water partition coefficient (Wildman–Crippen LogP) is 14.9. The van der Waals surface area contributed by atoms with Crippen LogP contribution in [0.1, 0.15) is 0 Å². The molecule has 9 aromatic carbocycles. The molecular formula is C52H35NO. The smallest absolute Gasteiger partial charge is 0.137 e. The highest BCUT2D eigenvalue weighted by Gasteiger charge is 2.22. The highest BCUT2D eigenvalue weighted by atomic mass is 16.3. The van der Waals surface area contributed by atoms with Gasteiger partial charge in [-0.1, -0.05) is 164 Å². The van der Waals surface area contributed by atoms with Crippen LogP contribution in [-0.4, -0.2) is 0 Å². The second-order valence-electron chi connectivity index (χ2n) is 13.7. The van der Waals surface area contributed by atoms with E-state index in [1.807, 2.05) is 12.1 Å². The van der Waals surface area contributed by atoms with Crippen LogP contribution in [0.3, 0.4) is 0 Å². The summed E-state index contributed by atoms with van der Waals surface area (Å²) in [5.41, 5.74) is 14.3. The van der Waals surface area contributed by atoms with Gasteiger partial charge in [0.1, 0.15) is 11.2 Å². The van der Waals surface area contributed by atoms with Crippen LogP contribution in [0.2, 0.25) is 0 Å². The lowest BCUT2D eigenvalue weighted by Gasteiger charge is -2.29. The summed E-state index contributed by atoms with van der Waals surface area (Å²) in [5, 5.41) is 4.62. The summed E-state index contributed by atoms with van der Waals surface area (Å²) in [4.78, 5) is 2.39. The van der Waals surface area contributed by atoms with Gasteiger partial charge in [-0.3, -0.25) is 0 Å². The van der Waals surface area contributed by atoms with Crippen LogP contribution >= 0.6 is 0 Å². The van der Waals surface area contributed by atoms with Crippen LogP contribution in [-0.2, 0) is 0 Å². The molecule has 0 aliphatic carbocycles. The molecule has 0 aliphatic heterocycles. The zero-order valence-electron chi connectivity index (χ0n) is 29.6. The van der Waals surface area contributed by atoms with Crippen molar-refractivity contribution in [1.29, 1.82) is 0 Å². The summed E-state index contributed by atoms with van der Waals surface area (Å²) in [7, 11) is 0. The second-order valence-corrected chi connectivity index (χ2v) is 13.7. The summed E-state index contributed by atoms with van der Waals surface area (Å²) in [6.07, 6.45) is 0. The van der Waals surface area contributed by atoms with Crippen molar-refractivity contribution in [2.45, 2.75) is 0 Å². The lowest BCUT2D eigenvalue weighted by Crippen LogP contribution is -2.11. The van der Waals surface area contributed by atoms with Gasteiger partial charge in [-0.25, -0.2) is 0 Å². The molecule has 10 aromatic rings. The second kappa shape index (κ2) is 13.4. The maximum Gasteiger partial charge on any atom is 0.137 e. The van der Waals surface area contributed by atoms with Gasteiger partial charge in [-0.15, -0.1) is 0 Å². The van der Waals surface area contributed by atoms with Crippen LogP contribution in [0.4, 0.5) is 17.1 Å². The van der Waals surface area contributed by atoms with Gasteiger partial charge >= 0.3 is 0 Å². The molecule has 0 saturated carbocycles. The first-order valence-electron chi connectivity index (χ1n) is 18.4. The Morgan fingerprint density at radius 2 is 0.889 bits per heavy atom. The molecule has 1 aromatic heterocycles. The van der Waals surface area contributed by atoms with Gasteiger partial charge in [-0.2, -0.15) is 0 Å². The normalized spacial score (nSPS) is 11.3. The molecular weight excluding hydrogens is 655 g/mol. The standard InChI is InChI=1S/C52H35NO/c1-3-15-36(16-4-1)40-28-31-45(44-22-10-9-21-43(44)38-18-5-2-6-19-38)49(34-40)46-23-11-13-25-50(46)53(41-29-27-37-17-7-8-20-39(37)33-41)42-30-32-48-47-24-12-14-26-51(47)54-52(48)35-42/h1-35H. The SMILES string of the molecule is c1ccc(-c2ccc(-c3ccccc3-c3ccccc3)c(-c3ccccc3N(c3ccc4ccccc4c3)c3ccc4c(c3)oc3ccccc34)c2)cc1. The van der Waals surface area contributed by atoms with Crippen molar-refractivity contribution >= 4 is 49.8 Å². The molecule has 0 radical (unpaired) electrons. The average molecular weight is 690 g/mol. The summed E-state index contributed by atoms with van der Waals surface area (Å²) < 4.78 is 6.47. The third-order valence-electron chi connectivity index (χ3n) is 10.5. The maximum absolute atomic E-state index is 6.47. The fourth-order valence-electron chi connectivity index (χ4n) is 7.89. The summed E-state index contributed by atoms with van der Waals surface area (Å²) in [6, 6.07) is 76.0. The number of nitrogens with zero attached hydrogens (tertiary/aromatic N) is 1. The van der Waals surface area contributed by atoms with Crippen LogP contribution in [0, 0.1) is 0 Å². The summed E-state index contributed by atoms with van der Waals surface area (Å²) in [5.74, 6) is 0. The van der Waals surface area contributed by atoms with Gasteiger partial charge in [0.2, 0.25) is 0 Å². The molecule has 0 aliphatic rings. The van der Waals surface area contributed by atoms with E-state index in [0.717, 1.165) is 50.1 Å². The quantitative estimate of drug-likeness (QED) is 0.166. The van der Waals surface area contributed by atoms with Gasteiger partial charge in [0.15, 0.2) is 0 Å². The van der Waals surface area contributed by atoms with Crippen LogP contribution < -0.4 is 4.90 Å². The Kier molecular flexibility index (Phi) is 7.85. The first-order valence-corrected chi connectivity index (χ1v) is 18.4. The number of furan rings is 1. The molecule has 0 unspecified atom stereocenters. The van der Waals surface area contributed by atoms with E-state index in [1.165, 1.54) is 44.2 Å². The minimum atomic E-state index is 0.862. The van der Waals surface area contributed by atoms with Crippen LogP contribution in [0.15, 0.2) is 217 Å². The Labute approximate surface area is 314 Å². The highest BCUT2D eigenvalue weighted by molar-refractivity contribution is 6.07.